The summed E-state index contributed by atoms with van der Waals surface area (Å²) < 4.78 is 40.1. The summed E-state index contributed by atoms with van der Waals surface area (Å²) in [6, 6.07) is 22.2. The van der Waals surface area contributed by atoms with Crippen LogP contribution in [0.2, 0.25) is 0 Å². The SMILES string of the molecule is C=C1N(S(=O)(=O)c2ccc(OC)cc2)N2C=Nc3ccccc3[C@@H]2[C@]1(Cc1ccccc1)C(=O)OCC. The summed E-state index contributed by atoms with van der Waals surface area (Å²) in [5.74, 6) is -0.0214. The van der Waals surface area contributed by atoms with Gasteiger partial charge in [-0.15, -0.1) is 0 Å². The molecule has 0 unspecified atom stereocenters. The number of fused-ring (bicyclic) bond motifs is 3. The second-order valence-electron chi connectivity index (χ2n) is 8.81. The molecule has 0 amide bonds. The highest BCUT2D eigenvalue weighted by molar-refractivity contribution is 7.89. The molecule has 37 heavy (non-hydrogen) atoms. The second-order valence-corrected chi connectivity index (χ2v) is 10.6. The fourth-order valence-electron chi connectivity index (χ4n) is 5.07. The van der Waals surface area contributed by atoms with E-state index in [9.17, 15) is 13.2 Å². The van der Waals surface area contributed by atoms with E-state index >= 15 is 0 Å². The molecule has 0 radical (unpaired) electrons. The number of nitrogens with zero attached hydrogens (tertiary/aromatic N) is 3. The van der Waals surface area contributed by atoms with Crippen molar-refractivity contribution in [1.29, 1.82) is 0 Å². The first kappa shape index (κ1) is 24.6. The van der Waals surface area contributed by atoms with Crippen molar-refractivity contribution in [1.82, 2.24) is 9.42 Å². The Labute approximate surface area is 216 Å². The zero-order chi connectivity index (χ0) is 26.2. The third kappa shape index (κ3) is 3.86. The van der Waals surface area contributed by atoms with Gasteiger partial charge in [-0.3, -0.25) is 9.80 Å². The van der Waals surface area contributed by atoms with E-state index in [0.717, 1.165) is 9.98 Å². The Hall–Kier alpha value is -4.11. The van der Waals surface area contributed by atoms with Gasteiger partial charge in [0.1, 0.15) is 23.5 Å². The Kier molecular flexibility index (Phi) is 6.25. The fourth-order valence-corrected chi connectivity index (χ4v) is 6.59. The van der Waals surface area contributed by atoms with Crippen LogP contribution in [0.3, 0.4) is 0 Å². The van der Waals surface area contributed by atoms with Crippen molar-refractivity contribution >= 4 is 28.0 Å². The van der Waals surface area contributed by atoms with Gasteiger partial charge in [-0.2, -0.15) is 12.8 Å². The third-order valence-electron chi connectivity index (χ3n) is 6.78. The lowest BCUT2D eigenvalue weighted by Gasteiger charge is -2.36. The Morgan fingerprint density at radius 3 is 2.38 bits per heavy atom. The number of benzene rings is 3. The topological polar surface area (TPSA) is 88.5 Å². The zero-order valence-electron chi connectivity index (χ0n) is 20.6. The van der Waals surface area contributed by atoms with Crippen molar-refractivity contribution < 1.29 is 22.7 Å². The van der Waals surface area contributed by atoms with Crippen LogP contribution >= 0.6 is 0 Å². The van der Waals surface area contributed by atoms with Crippen LogP contribution in [0.1, 0.15) is 24.1 Å². The molecule has 2 aliphatic rings. The maximum Gasteiger partial charge on any atom is 0.321 e. The molecule has 2 atom stereocenters. The minimum Gasteiger partial charge on any atom is -0.497 e. The van der Waals surface area contributed by atoms with Crippen LogP contribution in [0.25, 0.3) is 0 Å². The van der Waals surface area contributed by atoms with Gasteiger partial charge in [0.15, 0.2) is 0 Å². The number of para-hydroxylation sites is 1. The summed E-state index contributed by atoms with van der Waals surface area (Å²) in [7, 11) is -2.68. The molecule has 9 heteroatoms. The lowest BCUT2D eigenvalue weighted by molar-refractivity contribution is -0.154. The van der Waals surface area contributed by atoms with Crippen LogP contribution in [-0.2, 0) is 26.0 Å². The van der Waals surface area contributed by atoms with E-state index in [1.165, 1.54) is 30.6 Å². The summed E-state index contributed by atoms with van der Waals surface area (Å²) in [6.45, 7) is 6.09. The van der Waals surface area contributed by atoms with Gasteiger partial charge < -0.3 is 9.47 Å². The fraction of sp³-hybridized carbons (Fsp3) is 0.214. The Bertz CT molecular complexity index is 1470. The first-order chi connectivity index (χ1) is 17.8. The molecule has 190 valence electrons. The molecule has 0 aliphatic carbocycles. The number of carbonyl (C=O) groups is 1. The standard InChI is InChI=1S/C28H27N3O5S/c1-4-36-27(32)28(18-21-10-6-5-7-11-21)20(2)31(37(33,34)23-16-14-22(35-3)15-17-23)30-19-29-25-13-9-8-12-24(25)26(28)30/h5-17,19,26H,2,4,18H2,1,3H3/t26-,28-/m1/s1. The second kappa shape index (κ2) is 9.40. The van der Waals surface area contributed by atoms with Gasteiger partial charge in [0.2, 0.25) is 0 Å². The van der Waals surface area contributed by atoms with Gasteiger partial charge >= 0.3 is 5.97 Å². The number of sulfonamides is 1. The van der Waals surface area contributed by atoms with E-state index in [0.29, 0.717) is 17.0 Å². The van der Waals surface area contributed by atoms with Crippen LogP contribution in [-0.4, -0.2) is 43.9 Å². The zero-order valence-corrected chi connectivity index (χ0v) is 21.4. The van der Waals surface area contributed by atoms with Gasteiger partial charge in [-0.25, -0.2) is 4.99 Å². The van der Waals surface area contributed by atoms with Crippen molar-refractivity contribution in [3.8, 4) is 5.75 Å². The lowest BCUT2D eigenvalue weighted by atomic mass is 9.71. The van der Waals surface area contributed by atoms with Gasteiger partial charge in [-0.1, -0.05) is 55.1 Å². The molecule has 3 aromatic rings. The number of ether oxygens (including phenoxy) is 2. The normalized spacial score (nSPS) is 20.4. The molecule has 1 saturated heterocycles. The molecule has 2 aliphatic heterocycles. The van der Waals surface area contributed by atoms with Crippen molar-refractivity contribution in [2.24, 2.45) is 10.4 Å². The highest BCUT2D eigenvalue weighted by Gasteiger charge is 2.64. The average molecular weight is 518 g/mol. The molecule has 3 aromatic carbocycles. The van der Waals surface area contributed by atoms with E-state index in [1.807, 2.05) is 54.6 Å². The summed E-state index contributed by atoms with van der Waals surface area (Å²) in [6.07, 6.45) is 1.63. The van der Waals surface area contributed by atoms with Gasteiger partial charge in [0.25, 0.3) is 10.0 Å². The molecule has 0 spiro atoms. The number of aliphatic imine (C=N–C) groups is 1. The number of hydrogen-bond donors (Lipinski definition) is 0. The van der Waals surface area contributed by atoms with E-state index in [4.69, 9.17) is 9.47 Å². The van der Waals surface area contributed by atoms with Crippen LogP contribution in [0.15, 0.2) is 101 Å². The number of rotatable bonds is 7. The Morgan fingerprint density at radius 2 is 1.70 bits per heavy atom. The van der Waals surface area contributed by atoms with Crippen LogP contribution in [0, 0.1) is 5.41 Å². The number of esters is 1. The summed E-state index contributed by atoms with van der Waals surface area (Å²) >= 11 is 0. The molecular formula is C28H27N3O5S. The molecular weight excluding hydrogens is 490 g/mol. The molecule has 0 saturated carbocycles. The summed E-state index contributed by atoms with van der Waals surface area (Å²) in [5, 5.41) is 1.49. The van der Waals surface area contributed by atoms with Crippen molar-refractivity contribution in [3.05, 3.63) is 102 Å². The predicted octanol–water partition coefficient (Wildman–Crippen LogP) is 4.64. The van der Waals surface area contributed by atoms with Gasteiger partial charge in [0, 0.05) is 5.56 Å². The molecule has 5 rings (SSSR count). The molecule has 8 nitrogen and oxygen atoms in total. The van der Waals surface area contributed by atoms with E-state index in [-0.39, 0.29) is 23.6 Å². The number of hydrazine groups is 1. The van der Waals surface area contributed by atoms with E-state index in [2.05, 4.69) is 11.6 Å². The first-order valence-corrected chi connectivity index (χ1v) is 13.3. The molecule has 1 fully saturated rings. The Balaban J connectivity index is 1.74. The summed E-state index contributed by atoms with van der Waals surface area (Å²) in [5.41, 5.74) is 0.864. The maximum atomic E-state index is 14.1. The van der Waals surface area contributed by atoms with E-state index < -0.39 is 27.4 Å². The van der Waals surface area contributed by atoms with E-state index in [1.54, 1.807) is 19.1 Å². The van der Waals surface area contributed by atoms with Gasteiger partial charge in [0.05, 0.1) is 30.0 Å². The lowest BCUT2D eigenvalue weighted by Crippen LogP contribution is -2.43. The molecule has 0 N–H and O–H groups in total. The van der Waals surface area contributed by atoms with Gasteiger partial charge in [-0.05, 0) is 49.2 Å². The quantitative estimate of drug-likeness (QED) is 0.425. The van der Waals surface area contributed by atoms with Crippen LogP contribution in [0.4, 0.5) is 5.69 Å². The van der Waals surface area contributed by atoms with Crippen molar-refractivity contribution in [3.63, 3.8) is 0 Å². The predicted molar refractivity (Wildman–Crippen MR) is 140 cm³/mol. The first-order valence-electron chi connectivity index (χ1n) is 11.9. The minimum atomic E-state index is -4.19. The van der Waals surface area contributed by atoms with Crippen LogP contribution in [0.5, 0.6) is 5.75 Å². The monoisotopic (exact) mass is 517 g/mol. The highest BCUT2D eigenvalue weighted by atomic mass is 32.2. The third-order valence-corrected chi connectivity index (χ3v) is 8.52. The molecule has 2 heterocycles. The number of hydrogen-bond acceptors (Lipinski definition) is 7. The van der Waals surface area contributed by atoms with Crippen molar-refractivity contribution in [2.45, 2.75) is 24.3 Å². The Morgan fingerprint density at radius 1 is 1.03 bits per heavy atom. The van der Waals surface area contributed by atoms with Crippen LogP contribution < -0.4 is 4.74 Å². The minimum absolute atomic E-state index is 0.0276. The number of methoxy groups -OCH3 is 1. The highest BCUT2D eigenvalue weighted by Crippen LogP contribution is 2.58. The number of carbonyl (C=O) groups excluding carboxylic acids is 1. The maximum absolute atomic E-state index is 14.1. The smallest absolute Gasteiger partial charge is 0.321 e. The van der Waals surface area contributed by atoms with Crippen molar-refractivity contribution in [2.75, 3.05) is 13.7 Å². The molecule has 0 aromatic heterocycles. The summed E-state index contributed by atoms with van der Waals surface area (Å²) in [4.78, 5) is 18.5. The average Bonchev–Trinajstić information content (AvgIpc) is 3.18. The molecule has 0 bridgehead atoms. The largest absolute Gasteiger partial charge is 0.497 e.